The molecular weight excluding hydrogens is 315 g/mol. The Hall–Kier alpha value is -2.47. The Labute approximate surface area is 136 Å². The fraction of sp³-hybridized carbons (Fsp3) is 0.176. The predicted molar refractivity (Wildman–Crippen MR) is 88.0 cm³/mol. The van der Waals surface area contributed by atoms with Crippen molar-refractivity contribution in [3.05, 3.63) is 58.6 Å². The minimum Gasteiger partial charge on any atom is -0.497 e. The van der Waals surface area contributed by atoms with E-state index in [2.05, 4.69) is 4.99 Å². The molecule has 0 atom stereocenters. The zero-order valence-electron chi connectivity index (χ0n) is 12.7. The van der Waals surface area contributed by atoms with Crippen LogP contribution in [0.15, 0.2) is 47.5 Å². The van der Waals surface area contributed by atoms with Gasteiger partial charge in [-0.25, -0.2) is 4.39 Å². The fourth-order valence-corrected chi connectivity index (χ4v) is 3.34. The summed E-state index contributed by atoms with van der Waals surface area (Å²) in [6, 6.07) is 11.6. The Bertz CT molecular complexity index is 926. The summed E-state index contributed by atoms with van der Waals surface area (Å²) >= 11 is 1.43. The van der Waals surface area contributed by atoms with E-state index < -0.39 is 0 Å². The van der Waals surface area contributed by atoms with E-state index in [9.17, 15) is 9.18 Å². The molecule has 0 aliphatic carbocycles. The van der Waals surface area contributed by atoms with Gasteiger partial charge in [0, 0.05) is 7.05 Å². The molecule has 118 valence electrons. The maximum absolute atomic E-state index is 12.9. The molecule has 0 saturated heterocycles. The van der Waals surface area contributed by atoms with Crippen molar-refractivity contribution in [1.82, 2.24) is 4.57 Å². The smallest absolute Gasteiger partial charge is 0.252 e. The van der Waals surface area contributed by atoms with Crippen molar-refractivity contribution in [1.29, 1.82) is 0 Å². The van der Waals surface area contributed by atoms with Crippen LogP contribution in [0.5, 0.6) is 5.75 Å². The average molecular weight is 330 g/mol. The number of carbonyl (C=O) groups excluding carboxylic acids is 1. The minimum atomic E-state index is -0.317. The zero-order valence-corrected chi connectivity index (χ0v) is 13.6. The Kier molecular flexibility index (Phi) is 4.25. The molecule has 1 heterocycles. The van der Waals surface area contributed by atoms with E-state index in [0.717, 1.165) is 21.5 Å². The maximum atomic E-state index is 12.9. The summed E-state index contributed by atoms with van der Waals surface area (Å²) in [5.41, 5.74) is 1.73. The number of carbonyl (C=O) groups is 1. The molecule has 0 N–H and O–H groups in total. The third-order valence-electron chi connectivity index (χ3n) is 3.51. The third-order valence-corrected chi connectivity index (χ3v) is 4.60. The summed E-state index contributed by atoms with van der Waals surface area (Å²) in [4.78, 5) is 16.9. The Balaban J connectivity index is 1.92. The maximum Gasteiger partial charge on any atom is 0.252 e. The molecule has 0 aliphatic heterocycles. The van der Waals surface area contributed by atoms with E-state index in [1.807, 2.05) is 29.8 Å². The number of benzene rings is 2. The summed E-state index contributed by atoms with van der Waals surface area (Å²) in [5, 5.41) is 0. The molecule has 3 rings (SSSR count). The lowest BCUT2D eigenvalue weighted by molar-refractivity contribution is -0.117. The quantitative estimate of drug-likeness (QED) is 0.741. The minimum absolute atomic E-state index is 0.151. The summed E-state index contributed by atoms with van der Waals surface area (Å²) < 4.78 is 21.0. The number of thiazole rings is 1. The highest BCUT2D eigenvalue weighted by Crippen LogP contribution is 2.22. The van der Waals surface area contributed by atoms with E-state index in [-0.39, 0.29) is 18.1 Å². The van der Waals surface area contributed by atoms with Gasteiger partial charge in [-0.1, -0.05) is 23.5 Å². The molecule has 0 unspecified atom stereocenters. The van der Waals surface area contributed by atoms with Crippen LogP contribution in [0.4, 0.5) is 4.39 Å². The molecule has 6 heteroatoms. The molecule has 1 aromatic heterocycles. The van der Waals surface area contributed by atoms with Crippen molar-refractivity contribution >= 4 is 27.5 Å². The van der Waals surface area contributed by atoms with Gasteiger partial charge in [0.05, 0.1) is 23.7 Å². The summed E-state index contributed by atoms with van der Waals surface area (Å²) in [5.74, 6) is 0.192. The Morgan fingerprint density at radius 1 is 1.26 bits per heavy atom. The molecule has 0 saturated carbocycles. The second kappa shape index (κ2) is 6.34. The second-order valence-electron chi connectivity index (χ2n) is 5.09. The van der Waals surface area contributed by atoms with Gasteiger partial charge < -0.3 is 9.30 Å². The first-order valence-corrected chi connectivity index (χ1v) is 7.84. The molecule has 23 heavy (non-hydrogen) atoms. The number of rotatable bonds is 3. The number of methoxy groups -OCH3 is 1. The highest BCUT2D eigenvalue weighted by Gasteiger charge is 2.07. The highest BCUT2D eigenvalue weighted by molar-refractivity contribution is 7.16. The number of hydrogen-bond acceptors (Lipinski definition) is 3. The topological polar surface area (TPSA) is 43.6 Å². The number of ether oxygens (including phenoxy) is 1. The lowest BCUT2D eigenvalue weighted by Gasteiger charge is -1.99. The van der Waals surface area contributed by atoms with Gasteiger partial charge in [-0.3, -0.25) is 4.79 Å². The van der Waals surface area contributed by atoms with Crippen LogP contribution < -0.4 is 9.54 Å². The fourth-order valence-electron chi connectivity index (χ4n) is 2.27. The molecule has 0 radical (unpaired) electrons. The number of amides is 1. The van der Waals surface area contributed by atoms with Gasteiger partial charge in [0.25, 0.3) is 5.91 Å². The van der Waals surface area contributed by atoms with Gasteiger partial charge in [0.15, 0.2) is 4.80 Å². The molecule has 3 aromatic rings. The van der Waals surface area contributed by atoms with Crippen molar-refractivity contribution in [3.63, 3.8) is 0 Å². The normalized spacial score (nSPS) is 11.9. The summed E-state index contributed by atoms with van der Waals surface area (Å²) in [6.07, 6.45) is 0.151. The number of hydrogen-bond donors (Lipinski definition) is 0. The first-order chi connectivity index (χ1) is 11.1. The number of nitrogens with zero attached hydrogens (tertiary/aromatic N) is 2. The van der Waals surface area contributed by atoms with Crippen molar-refractivity contribution in [2.75, 3.05) is 7.11 Å². The Morgan fingerprint density at radius 3 is 2.70 bits per heavy atom. The lowest BCUT2D eigenvalue weighted by atomic mass is 10.1. The molecule has 0 bridgehead atoms. The largest absolute Gasteiger partial charge is 0.497 e. The molecule has 0 aliphatic rings. The number of halogens is 1. The molecular formula is C17H15FN2O2S. The van der Waals surface area contributed by atoms with Crippen molar-refractivity contribution in [2.45, 2.75) is 6.42 Å². The van der Waals surface area contributed by atoms with E-state index in [0.29, 0.717) is 4.80 Å². The zero-order chi connectivity index (χ0) is 16.4. The standard InChI is InChI=1S/C17H15FN2O2S/c1-20-14-8-7-13(22-2)10-15(14)23-17(20)19-16(21)9-11-3-5-12(18)6-4-11/h3-8,10H,9H2,1-2H3. The average Bonchev–Trinajstić information content (AvgIpc) is 2.85. The highest BCUT2D eigenvalue weighted by atomic mass is 32.1. The van der Waals surface area contributed by atoms with Gasteiger partial charge in [0.1, 0.15) is 11.6 Å². The van der Waals surface area contributed by atoms with Crippen LogP contribution in [-0.2, 0) is 18.3 Å². The third kappa shape index (κ3) is 3.32. The van der Waals surface area contributed by atoms with Gasteiger partial charge in [-0.15, -0.1) is 0 Å². The number of aryl methyl sites for hydroxylation is 1. The SMILES string of the molecule is COc1ccc2c(c1)sc(=NC(=O)Cc1ccc(F)cc1)n2C. The van der Waals surface area contributed by atoms with Crippen LogP contribution in [0, 0.1) is 5.82 Å². The van der Waals surface area contributed by atoms with Crippen LogP contribution in [-0.4, -0.2) is 17.6 Å². The van der Waals surface area contributed by atoms with Gasteiger partial charge in [0.2, 0.25) is 0 Å². The first-order valence-electron chi connectivity index (χ1n) is 7.02. The van der Waals surface area contributed by atoms with E-state index in [4.69, 9.17) is 4.74 Å². The molecule has 4 nitrogen and oxygen atoms in total. The Morgan fingerprint density at radius 2 is 2.00 bits per heavy atom. The molecule has 0 fully saturated rings. The summed E-state index contributed by atoms with van der Waals surface area (Å²) in [6.45, 7) is 0. The van der Waals surface area contributed by atoms with Crippen LogP contribution >= 0.6 is 11.3 Å². The predicted octanol–water partition coefficient (Wildman–Crippen LogP) is 3.06. The van der Waals surface area contributed by atoms with Crippen molar-refractivity contribution in [2.24, 2.45) is 12.0 Å². The van der Waals surface area contributed by atoms with E-state index in [1.54, 1.807) is 19.2 Å². The van der Waals surface area contributed by atoms with Crippen LogP contribution in [0.25, 0.3) is 10.2 Å². The summed E-state index contributed by atoms with van der Waals surface area (Å²) in [7, 11) is 3.49. The lowest BCUT2D eigenvalue weighted by Crippen LogP contribution is -2.14. The molecule has 0 spiro atoms. The number of fused-ring (bicyclic) bond motifs is 1. The van der Waals surface area contributed by atoms with E-state index in [1.165, 1.54) is 23.5 Å². The number of aromatic nitrogens is 1. The van der Waals surface area contributed by atoms with Gasteiger partial charge in [-0.2, -0.15) is 4.99 Å². The molecule has 2 aromatic carbocycles. The first kappa shape index (κ1) is 15.4. The van der Waals surface area contributed by atoms with Crippen LogP contribution in [0.3, 0.4) is 0 Å². The van der Waals surface area contributed by atoms with Crippen LogP contribution in [0.2, 0.25) is 0 Å². The van der Waals surface area contributed by atoms with Crippen molar-refractivity contribution in [3.8, 4) is 5.75 Å². The van der Waals surface area contributed by atoms with Crippen LogP contribution in [0.1, 0.15) is 5.56 Å². The van der Waals surface area contributed by atoms with Gasteiger partial charge >= 0.3 is 0 Å². The van der Waals surface area contributed by atoms with E-state index >= 15 is 0 Å². The van der Waals surface area contributed by atoms with Gasteiger partial charge in [-0.05, 0) is 35.9 Å². The second-order valence-corrected chi connectivity index (χ2v) is 6.10. The monoisotopic (exact) mass is 330 g/mol. The molecule has 1 amide bonds. The van der Waals surface area contributed by atoms with Crippen molar-refractivity contribution < 1.29 is 13.9 Å².